The molecule has 0 amide bonds. The van der Waals surface area contributed by atoms with E-state index < -0.39 is 58.5 Å². The van der Waals surface area contributed by atoms with Crippen molar-refractivity contribution in [2.45, 2.75) is 19.6 Å². The first kappa shape index (κ1) is 16.0. The molecular formula is C14H11F3O5. The number of halogens is 3. The minimum atomic E-state index is -1.52. The van der Waals surface area contributed by atoms with Crippen molar-refractivity contribution >= 4 is 17.5 Å². The van der Waals surface area contributed by atoms with Crippen LogP contribution in [0.1, 0.15) is 19.4 Å². The summed E-state index contributed by atoms with van der Waals surface area (Å²) < 4.78 is 49.6. The van der Waals surface area contributed by atoms with Crippen LogP contribution in [0.5, 0.6) is 0 Å². The highest BCUT2D eigenvalue weighted by Gasteiger charge is 2.41. The Morgan fingerprint density at radius 2 is 1.55 bits per heavy atom. The maximum Gasteiger partial charge on any atom is 0.349 e. The summed E-state index contributed by atoms with van der Waals surface area (Å²) in [4.78, 5) is 23.7. The van der Waals surface area contributed by atoms with Crippen molar-refractivity contribution in [3.8, 4) is 0 Å². The molecule has 118 valence electrons. The van der Waals surface area contributed by atoms with Crippen molar-refractivity contribution in [2.75, 3.05) is 6.61 Å². The molecular weight excluding hydrogens is 305 g/mol. The van der Waals surface area contributed by atoms with E-state index in [1.807, 2.05) is 0 Å². The molecule has 1 saturated heterocycles. The van der Waals surface area contributed by atoms with Crippen LogP contribution < -0.4 is 0 Å². The van der Waals surface area contributed by atoms with Gasteiger partial charge in [0.25, 0.3) is 5.79 Å². The number of cyclic esters (lactones) is 2. The van der Waals surface area contributed by atoms with Crippen LogP contribution >= 0.6 is 0 Å². The fraction of sp³-hybridized carbons (Fsp3) is 0.286. The van der Waals surface area contributed by atoms with Crippen LogP contribution in [-0.2, 0) is 19.1 Å². The van der Waals surface area contributed by atoms with Crippen molar-refractivity contribution in [2.24, 2.45) is 0 Å². The lowest BCUT2D eigenvalue weighted by atomic mass is 9.98. The van der Waals surface area contributed by atoms with Crippen LogP contribution in [0.15, 0.2) is 17.7 Å². The molecule has 0 aromatic heterocycles. The molecule has 0 bridgehead atoms. The van der Waals surface area contributed by atoms with Gasteiger partial charge in [-0.1, -0.05) is 0 Å². The fourth-order valence-corrected chi connectivity index (χ4v) is 1.95. The highest BCUT2D eigenvalue weighted by atomic mass is 19.2. The van der Waals surface area contributed by atoms with Crippen LogP contribution in [0, 0.1) is 17.5 Å². The molecule has 1 aliphatic heterocycles. The van der Waals surface area contributed by atoms with Crippen LogP contribution in [0.4, 0.5) is 13.2 Å². The molecule has 0 unspecified atom stereocenters. The number of ether oxygens (including phenoxy) is 2. The van der Waals surface area contributed by atoms with Gasteiger partial charge in [-0.25, -0.2) is 22.8 Å². The Kier molecular flexibility index (Phi) is 3.97. The van der Waals surface area contributed by atoms with Gasteiger partial charge in [-0.15, -0.1) is 0 Å². The first-order valence-corrected chi connectivity index (χ1v) is 6.12. The van der Waals surface area contributed by atoms with E-state index in [4.69, 9.17) is 9.47 Å². The van der Waals surface area contributed by atoms with Gasteiger partial charge in [0.15, 0.2) is 17.2 Å². The van der Waals surface area contributed by atoms with Crippen molar-refractivity contribution in [1.82, 2.24) is 0 Å². The van der Waals surface area contributed by atoms with Gasteiger partial charge in [0, 0.05) is 31.1 Å². The van der Waals surface area contributed by atoms with Gasteiger partial charge in [-0.05, 0) is 6.07 Å². The monoisotopic (exact) mass is 316 g/mol. The second-order valence-electron chi connectivity index (χ2n) is 4.94. The second-order valence-corrected chi connectivity index (χ2v) is 4.94. The summed E-state index contributed by atoms with van der Waals surface area (Å²) in [5.74, 6) is -7.94. The Bertz CT molecular complexity index is 672. The molecule has 0 spiro atoms. The lowest BCUT2D eigenvalue weighted by Gasteiger charge is -2.30. The van der Waals surface area contributed by atoms with Crippen LogP contribution in [0.3, 0.4) is 0 Å². The van der Waals surface area contributed by atoms with E-state index in [1.54, 1.807) is 0 Å². The van der Waals surface area contributed by atoms with E-state index in [-0.39, 0.29) is 6.07 Å². The number of hydrogen-bond donors (Lipinski definition) is 1. The molecule has 1 aromatic rings. The highest BCUT2D eigenvalue weighted by Crippen LogP contribution is 2.30. The van der Waals surface area contributed by atoms with Gasteiger partial charge < -0.3 is 14.6 Å². The average molecular weight is 316 g/mol. The average Bonchev–Trinajstić information content (AvgIpc) is 2.37. The summed E-state index contributed by atoms with van der Waals surface area (Å²) in [5, 5.41) is 9.33. The number of hydrogen-bond acceptors (Lipinski definition) is 5. The number of carbonyl (C=O) groups is 2. The topological polar surface area (TPSA) is 72.8 Å². The third-order valence-electron chi connectivity index (χ3n) is 2.88. The summed E-state index contributed by atoms with van der Waals surface area (Å²) in [6.45, 7) is 1.62. The molecule has 1 aliphatic rings. The van der Waals surface area contributed by atoms with Crippen LogP contribution in [-0.4, -0.2) is 29.4 Å². The fourth-order valence-electron chi connectivity index (χ4n) is 1.95. The molecule has 22 heavy (non-hydrogen) atoms. The lowest BCUT2D eigenvalue weighted by Crippen LogP contribution is -2.42. The first-order valence-electron chi connectivity index (χ1n) is 6.12. The summed E-state index contributed by atoms with van der Waals surface area (Å²) in [6.07, 6.45) is 0. The zero-order chi connectivity index (χ0) is 16.7. The Hall–Kier alpha value is -2.35. The smallest absolute Gasteiger partial charge is 0.349 e. The third-order valence-corrected chi connectivity index (χ3v) is 2.88. The van der Waals surface area contributed by atoms with Crippen molar-refractivity contribution in [3.63, 3.8) is 0 Å². The van der Waals surface area contributed by atoms with Gasteiger partial charge in [0.1, 0.15) is 5.82 Å². The molecule has 8 heteroatoms. The van der Waals surface area contributed by atoms with Crippen molar-refractivity contribution in [1.29, 1.82) is 0 Å². The van der Waals surface area contributed by atoms with Gasteiger partial charge in [0.05, 0.1) is 6.61 Å². The van der Waals surface area contributed by atoms with E-state index >= 15 is 0 Å². The maximum absolute atomic E-state index is 13.8. The van der Waals surface area contributed by atoms with E-state index in [9.17, 15) is 27.9 Å². The van der Waals surface area contributed by atoms with Crippen molar-refractivity contribution < 1.29 is 37.3 Å². The second kappa shape index (κ2) is 5.45. The Labute approximate surface area is 122 Å². The lowest BCUT2D eigenvalue weighted by molar-refractivity contribution is -0.222. The number of aliphatic hydroxyl groups excluding tert-OH is 1. The largest absolute Gasteiger partial charge is 0.419 e. The Morgan fingerprint density at radius 1 is 1.05 bits per heavy atom. The molecule has 1 heterocycles. The van der Waals surface area contributed by atoms with Crippen LogP contribution in [0.2, 0.25) is 0 Å². The molecule has 0 radical (unpaired) electrons. The minimum Gasteiger partial charge on any atom is -0.419 e. The number of carbonyl (C=O) groups excluding carboxylic acids is 2. The van der Waals surface area contributed by atoms with Crippen molar-refractivity contribution in [3.05, 3.63) is 40.7 Å². The van der Waals surface area contributed by atoms with Gasteiger partial charge in [-0.3, -0.25) is 0 Å². The molecule has 0 saturated carbocycles. The standard InChI is InChI=1S/C14H11F3O5/c1-14(2)21-12(19)11(13(20)22-14)7(5-18)6-3-9(16)10(17)4-8(6)15/h3-4,18H,5H2,1-2H3. The molecule has 0 atom stereocenters. The van der Waals surface area contributed by atoms with Gasteiger partial charge >= 0.3 is 11.9 Å². The van der Waals surface area contributed by atoms with Gasteiger partial charge in [0.2, 0.25) is 0 Å². The zero-order valence-corrected chi connectivity index (χ0v) is 11.6. The molecule has 1 aromatic carbocycles. The van der Waals surface area contributed by atoms with E-state index in [1.165, 1.54) is 13.8 Å². The normalized spacial score (nSPS) is 17.1. The predicted octanol–water partition coefficient (Wildman–Crippen LogP) is 1.69. The minimum absolute atomic E-state index is 0.240. The Balaban J connectivity index is 2.63. The number of rotatable bonds is 2. The summed E-state index contributed by atoms with van der Waals surface area (Å²) in [7, 11) is 0. The van der Waals surface area contributed by atoms with E-state index in [0.29, 0.717) is 6.07 Å². The number of aliphatic hydroxyl groups is 1. The molecule has 0 aliphatic carbocycles. The predicted molar refractivity (Wildman–Crippen MR) is 66.6 cm³/mol. The zero-order valence-electron chi connectivity index (χ0n) is 11.6. The molecule has 1 fully saturated rings. The Morgan fingerprint density at radius 3 is 2.05 bits per heavy atom. The summed E-state index contributed by atoms with van der Waals surface area (Å²) >= 11 is 0. The quantitative estimate of drug-likeness (QED) is 0.389. The maximum atomic E-state index is 13.8. The van der Waals surface area contributed by atoms with E-state index in [0.717, 1.165) is 0 Å². The van der Waals surface area contributed by atoms with Crippen LogP contribution in [0.25, 0.3) is 5.57 Å². The van der Waals surface area contributed by atoms with E-state index in [2.05, 4.69) is 0 Å². The molecule has 2 rings (SSSR count). The number of benzene rings is 1. The molecule has 1 N–H and O–H groups in total. The molecule has 5 nitrogen and oxygen atoms in total. The highest BCUT2D eigenvalue weighted by molar-refractivity contribution is 6.21. The summed E-state index contributed by atoms with van der Waals surface area (Å²) in [5.41, 5.74) is -1.96. The SMILES string of the molecule is CC1(C)OC(=O)C(=C(CO)c2cc(F)c(F)cc2F)C(=O)O1. The van der Waals surface area contributed by atoms with Gasteiger partial charge in [-0.2, -0.15) is 0 Å². The third kappa shape index (κ3) is 2.82. The first-order chi connectivity index (χ1) is 10.2. The number of esters is 2. The summed E-state index contributed by atoms with van der Waals surface area (Å²) in [6, 6.07) is 0.674.